The number of nitrogens with zero attached hydrogens (tertiary/aromatic N) is 1. The highest BCUT2D eigenvalue weighted by molar-refractivity contribution is 5.80. The zero-order chi connectivity index (χ0) is 13.7. The molecule has 1 aliphatic carbocycles. The predicted octanol–water partition coefficient (Wildman–Crippen LogP) is 1.23. The van der Waals surface area contributed by atoms with Crippen molar-refractivity contribution in [2.45, 2.75) is 25.3 Å². The molecule has 19 heavy (non-hydrogen) atoms. The standard InChI is InChI=1S/C14H21N3O2/c15-13(17-19)8-12(11-4-2-1-3-5-11)16-9-14(10-18)6-7-14/h1-5,12,16,18-19H,6-10H2,(H2,15,17). The third-order valence-electron chi connectivity index (χ3n) is 3.76. The maximum absolute atomic E-state index is 9.34. The van der Waals surface area contributed by atoms with Crippen molar-refractivity contribution >= 4 is 5.84 Å². The lowest BCUT2D eigenvalue weighted by Gasteiger charge is -2.22. The van der Waals surface area contributed by atoms with Gasteiger partial charge in [-0.15, -0.1) is 0 Å². The maximum atomic E-state index is 9.34. The first-order valence-electron chi connectivity index (χ1n) is 6.55. The van der Waals surface area contributed by atoms with Gasteiger partial charge in [0.15, 0.2) is 0 Å². The van der Waals surface area contributed by atoms with Crippen molar-refractivity contribution in [1.29, 1.82) is 0 Å². The highest BCUT2D eigenvalue weighted by Gasteiger charge is 2.42. The fourth-order valence-electron chi connectivity index (χ4n) is 2.15. The number of amidine groups is 1. The molecule has 0 heterocycles. The van der Waals surface area contributed by atoms with E-state index in [4.69, 9.17) is 10.9 Å². The van der Waals surface area contributed by atoms with Gasteiger partial charge in [0.25, 0.3) is 0 Å². The smallest absolute Gasteiger partial charge is 0.141 e. The van der Waals surface area contributed by atoms with Gasteiger partial charge in [-0.1, -0.05) is 35.5 Å². The average Bonchev–Trinajstić information content (AvgIpc) is 3.24. The maximum Gasteiger partial charge on any atom is 0.141 e. The molecule has 0 bridgehead atoms. The van der Waals surface area contributed by atoms with E-state index >= 15 is 0 Å². The summed E-state index contributed by atoms with van der Waals surface area (Å²) in [5, 5.41) is 24.5. The van der Waals surface area contributed by atoms with Gasteiger partial charge < -0.3 is 21.4 Å². The monoisotopic (exact) mass is 263 g/mol. The molecule has 0 amide bonds. The largest absolute Gasteiger partial charge is 0.409 e. The summed E-state index contributed by atoms with van der Waals surface area (Å²) >= 11 is 0. The summed E-state index contributed by atoms with van der Waals surface area (Å²) in [7, 11) is 0. The van der Waals surface area contributed by atoms with E-state index in [-0.39, 0.29) is 23.9 Å². The minimum atomic E-state index is 0.00104. The van der Waals surface area contributed by atoms with E-state index < -0.39 is 0 Å². The van der Waals surface area contributed by atoms with Crippen LogP contribution >= 0.6 is 0 Å². The first kappa shape index (κ1) is 13.8. The lowest BCUT2D eigenvalue weighted by atomic mass is 10.0. The number of benzene rings is 1. The summed E-state index contributed by atoms with van der Waals surface area (Å²) in [6.07, 6.45) is 2.56. The number of aliphatic hydroxyl groups excluding tert-OH is 1. The molecule has 5 nitrogen and oxygen atoms in total. The Kier molecular flexibility index (Phi) is 4.39. The molecule has 1 aliphatic rings. The number of oxime groups is 1. The van der Waals surface area contributed by atoms with Gasteiger partial charge in [-0.25, -0.2) is 0 Å². The average molecular weight is 263 g/mol. The summed E-state index contributed by atoms with van der Waals surface area (Å²) in [5.41, 5.74) is 6.75. The molecule has 1 atom stereocenters. The highest BCUT2D eigenvalue weighted by atomic mass is 16.4. The topological polar surface area (TPSA) is 90.9 Å². The van der Waals surface area contributed by atoms with Gasteiger partial charge in [0.2, 0.25) is 0 Å². The van der Waals surface area contributed by atoms with Crippen LogP contribution in [0.4, 0.5) is 0 Å². The molecule has 5 N–H and O–H groups in total. The predicted molar refractivity (Wildman–Crippen MR) is 74.0 cm³/mol. The lowest BCUT2D eigenvalue weighted by molar-refractivity contribution is 0.204. The van der Waals surface area contributed by atoms with Crippen LogP contribution in [0.2, 0.25) is 0 Å². The van der Waals surface area contributed by atoms with Crippen LogP contribution in [0, 0.1) is 5.41 Å². The van der Waals surface area contributed by atoms with Crippen LogP contribution in [0.3, 0.4) is 0 Å². The van der Waals surface area contributed by atoms with E-state index in [1.807, 2.05) is 30.3 Å². The summed E-state index contributed by atoms with van der Waals surface area (Å²) in [6, 6.07) is 9.92. The number of hydrogen-bond acceptors (Lipinski definition) is 4. The van der Waals surface area contributed by atoms with Crippen molar-refractivity contribution in [1.82, 2.24) is 5.32 Å². The van der Waals surface area contributed by atoms with Crippen molar-refractivity contribution in [3.63, 3.8) is 0 Å². The lowest BCUT2D eigenvalue weighted by Crippen LogP contribution is -2.32. The Balaban J connectivity index is 2.02. The fourth-order valence-corrected chi connectivity index (χ4v) is 2.15. The Morgan fingerprint density at radius 3 is 2.58 bits per heavy atom. The van der Waals surface area contributed by atoms with Crippen LogP contribution in [0.25, 0.3) is 0 Å². The molecule has 104 valence electrons. The van der Waals surface area contributed by atoms with Crippen LogP contribution < -0.4 is 11.1 Å². The van der Waals surface area contributed by atoms with E-state index in [1.165, 1.54) is 0 Å². The number of rotatable bonds is 7. The van der Waals surface area contributed by atoms with Crippen molar-refractivity contribution in [2.24, 2.45) is 16.3 Å². The number of nitrogens with one attached hydrogen (secondary N) is 1. The Hall–Kier alpha value is -1.59. The van der Waals surface area contributed by atoms with Crippen molar-refractivity contribution in [3.8, 4) is 0 Å². The molecule has 0 saturated heterocycles. The molecule has 1 saturated carbocycles. The second-order valence-electron chi connectivity index (χ2n) is 5.30. The summed E-state index contributed by atoms with van der Waals surface area (Å²) in [4.78, 5) is 0. The summed E-state index contributed by atoms with van der Waals surface area (Å²) in [6.45, 7) is 0.965. The van der Waals surface area contributed by atoms with Gasteiger partial charge >= 0.3 is 0 Å². The van der Waals surface area contributed by atoms with E-state index in [0.29, 0.717) is 6.42 Å². The molecule has 0 aliphatic heterocycles. The van der Waals surface area contributed by atoms with E-state index in [2.05, 4.69) is 10.5 Å². The van der Waals surface area contributed by atoms with Gasteiger partial charge in [0.05, 0.1) is 0 Å². The molecule has 1 aromatic rings. The van der Waals surface area contributed by atoms with Gasteiger partial charge in [0.1, 0.15) is 5.84 Å². The molecule has 2 rings (SSSR count). The van der Waals surface area contributed by atoms with Gasteiger partial charge in [-0.2, -0.15) is 0 Å². The number of nitrogens with two attached hydrogens (primary N) is 1. The van der Waals surface area contributed by atoms with Gasteiger partial charge in [0, 0.05) is 31.0 Å². The van der Waals surface area contributed by atoms with Crippen LogP contribution in [0.5, 0.6) is 0 Å². The molecule has 5 heteroatoms. The zero-order valence-electron chi connectivity index (χ0n) is 10.9. The molecular weight excluding hydrogens is 242 g/mol. The van der Waals surface area contributed by atoms with Crippen molar-refractivity contribution in [2.75, 3.05) is 13.2 Å². The highest BCUT2D eigenvalue weighted by Crippen LogP contribution is 2.44. The Morgan fingerprint density at radius 1 is 1.37 bits per heavy atom. The summed E-state index contributed by atoms with van der Waals surface area (Å²) < 4.78 is 0. The minimum Gasteiger partial charge on any atom is -0.409 e. The Labute approximate surface area is 113 Å². The Morgan fingerprint density at radius 2 is 2.05 bits per heavy atom. The van der Waals surface area contributed by atoms with E-state index in [1.54, 1.807) is 0 Å². The third kappa shape index (κ3) is 3.68. The van der Waals surface area contributed by atoms with E-state index in [9.17, 15) is 5.11 Å². The second kappa shape index (κ2) is 6.04. The number of aliphatic hydroxyl groups is 1. The van der Waals surface area contributed by atoms with E-state index in [0.717, 1.165) is 24.9 Å². The van der Waals surface area contributed by atoms with Crippen LogP contribution in [-0.4, -0.2) is 29.3 Å². The molecule has 0 aromatic heterocycles. The van der Waals surface area contributed by atoms with Crippen LogP contribution in [0.1, 0.15) is 30.9 Å². The first-order valence-corrected chi connectivity index (χ1v) is 6.55. The van der Waals surface area contributed by atoms with Crippen molar-refractivity contribution < 1.29 is 10.3 Å². The molecule has 1 unspecified atom stereocenters. The molecular formula is C14H21N3O2. The van der Waals surface area contributed by atoms with Gasteiger partial charge in [-0.3, -0.25) is 0 Å². The molecule has 1 fully saturated rings. The molecule has 1 aromatic carbocycles. The van der Waals surface area contributed by atoms with Crippen LogP contribution in [-0.2, 0) is 0 Å². The molecule has 0 radical (unpaired) electrons. The minimum absolute atomic E-state index is 0.00104. The van der Waals surface area contributed by atoms with Crippen LogP contribution in [0.15, 0.2) is 35.5 Å². The fraction of sp³-hybridized carbons (Fsp3) is 0.500. The third-order valence-corrected chi connectivity index (χ3v) is 3.76. The normalized spacial score (nSPS) is 19.1. The molecule has 0 spiro atoms. The zero-order valence-corrected chi connectivity index (χ0v) is 10.9. The number of hydrogen-bond donors (Lipinski definition) is 4. The van der Waals surface area contributed by atoms with Crippen molar-refractivity contribution in [3.05, 3.63) is 35.9 Å². The second-order valence-corrected chi connectivity index (χ2v) is 5.30. The first-order chi connectivity index (χ1) is 9.19. The quantitative estimate of drug-likeness (QED) is 0.258. The SMILES string of the molecule is N/C(CC(NCC1(CO)CC1)c1ccccc1)=N/O. The van der Waals surface area contributed by atoms with Gasteiger partial charge in [-0.05, 0) is 18.4 Å². The summed E-state index contributed by atoms with van der Waals surface area (Å²) in [5.74, 6) is 0.204. The Bertz CT molecular complexity index is 430.